The fourth-order valence-corrected chi connectivity index (χ4v) is 4.79. The Bertz CT molecular complexity index is 910. The van der Waals surface area contributed by atoms with Crippen LogP contribution in [0, 0.1) is 0 Å². The molecule has 25 heavy (non-hydrogen) atoms. The van der Waals surface area contributed by atoms with Gasteiger partial charge in [0.1, 0.15) is 0 Å². The van der Waals surface area contributed by atoms with Crippen LogP contribution in [-0.4, -0.2) is 19.6 Å². The molecule has 2 aromatic rings. The Morgan fingerprint density at radius 2 is 2.04 bits per heavy atom. The van der Waals surface area contributed by atoms with Crippen molar-refractivity contribution in [2.24, 2.45) is 0 Å². The van der Waals surface area contributed by atoms with Crippen LogP contribution >= 0.6 is 11.8 Å². The third kappa shape index (κ3) is 4.16. The summed E-state index contributed by atoms with van der Waals surface area (Å²) in [4.78, 5) is 12.9. The average molecular weight is 377 g/mol. The smallest absolute Gasteiger partial charge is 0.261 e. The van der Waals surface area contributed by atoms with Crippen molar-refractivity contribution in [3.05, 3.63) is 48.0 Å². The first kappa shape index (κ1) is 17.8. The standard InChI is InChI=1S/C18H20N2O3S2/c1-3-13-5-4-6-14(10-13)20-25(22,23)15-7-8-17-16(11-15)19-18(21)9-12(2)24-17/h4-8,10-12,20H,3,9H2,1-2H3,(H,19,21)/t12-/m0/s1. The lowest BCUT2D eigenvalue weighted by molar-refractivity contribution is -0.116. The number of thioether (sulfide) groups is 1. The Kier molecular flexibility index (Phi) is 5.06. The third-order valence-corrected chi connectivity index (χ3v) is 6.48. The van der Waals surface area contributed by atoms with Crippen LogP contribution in [-0.2, 0) is 21.2 Å². The fourth-order valence-electron chi connectivity index (χ4n) is 2.67. The van der Waals surface area contributed by atoms with Gasteiger partial charge in [0.2, 0.25) is 5.91 Å². The van der Waals surface area contributed by atoms with Gasteiger partial charge >= 0.3 is 0 Å². The van der Waals surface area contributed by atoms with E-state index in [1.165, 1.54) is 6.07 Å². The third-order valence-electron chi connectivity index (χ3n) is 3.92. The van der Waals surface area contributed by atoms with E-state index in [2.05, 4.69) is 10.0 Å². The van der Waals surface area contributed by atoms with Gasteiger partial charge in [0.15, 0.2) is 0 Å². The molecule has 3 rings (SSSR count). The van der Waals surface area contributed by atoms with Gasteiger partial charge < -0.3 is 5.32 Å². The van der Waals surface area contributed by atoms with Gasteiger partial charge in [-0.15, -0.1) is 11.8 Å². The number of aryl methyl sites for hydroxylation is 1. The fraction of sp³-hybridized carbons (Fsp3) is 0.278. The highest BCUT2D eigenvalue weighted by Gasteiger charge is 2.22. The van der Waals surface area contributed by atoms with E-state index in [0.29, 0.717) is 17.8 Å². The van der Waals surface area contributed by atoms with Crippen molar-refractivity contribution in [2.75, 3.05) is 10.0 Å². The molecule has 7 heteroatoms. The van der Waals surface area contributed by atoms with Crippen molar-refractivity contribution in [1.29, 1.82) is 0 Å². The second-order valence-electron chi connectivity index (χ2n) is 6.00. The second-order valence-corrected chi connectivity index (χ2v) is 9.16. The van der Waals surface area contributed by atoms with E-state index in [4.69, 9.17) is 0 Å². The molecule has 5 nitrogen and oxygen atoms in total. The van der Waals surface area contributed by atoms with E-state index in [0.717, 1.165) is 16.9 Å². The van der Waals surface area contributed by atoms with Crippen LogP contribution in [0.1, 0.15) is 25.8 Å². The normalized spacial score (nSPS) is 17.4. The van der Waals surface area contributed by atoms with E-state index in [1.807, 2.05) is 32.0 Å². The minimum absolute atomic E-state index is 0.100. The number of carbonyl (C=O) groups excluding carboxylic acids is 1. The maximum atomic E-state index is 12.7. The zero-order chi connectivity index (χ0) is 18.0. The molecule has 1 aliphatic heterocycles. The molecule has 2 aromatic carbocycles. The van der Waals surface area contributed by atoms with Gasteiger partial charge in [0, 0.05) is 22.3 Å². The van der Waals surface area contributed by atoms with Crippen LogP contribution in [0.15, 0.2) is 52.3 Å². The van der Waals surface area contributed by atoms with Gasteiger partial charge in [-0.05, 0) is 42.3 Å². The zero-order valence-corrected chi connectivity index (χ0v) is 15.7. The van der Waals surface area contributed by atoms with Crippen molar-refractivity contribution in [2.45, 2.75) is 41.7 Å². The lowest BCUT2D eigenvalue weighted by atomic mass is 10.1. The van der Waals surface area contributed by atoms with Gasteiger partial charge in [-0.25, -0.2) is 8.42 Å². The highest BCUT2D eigenvalue weighted by Crippen LogP contribution is 2.36. The van der Waals surface area contributed by atoms with E-state index >= 15 is 0 Å². The average Bonchev–Trinajstić information content (AvgIpc) is 2.70. The topological polar surface area (TPSA) is 75.3 Å². The summed E-state index contributed by atoms with van der Waals surface area (Å²) < 4.78 is 28.0. The van der Waals surface area contributed by atoms with E-state index in [9.17, 15) is 13.2 Å². The molecule has 132 valence electrons. The maximum absolute atomic E-state index is 12.7. The van der Waals surface area contributed by atoms with Gasteiger partial charge in [0.05, 0.1) is 10.6 Å². The summed E-state index contributed by atoms with van der Waals surface area (Å²) >= 11 is 1.57. The summed E-state index contributed by atoms with van der Waals surface area (Å²) in [5.41, 5.74) is 2.13. The molecular formula is C18H20N2O3S2. The quantitative estimate of drug-likeness (QED) is 0.849. The van der Waals surface area contributed by atoms with Gasteiger partial charge in [-0.2, -0.15) is 0 Å². The molecule has 2 N–H and O–H groups in total. The summed E-state index contributed by atoms with van der Waals surface area (Å²) in [5, 5.41) is 2.95. The first-order chi connectivity index (χ1) is 11.9. The molecule has 0 aliphatic carbocycles. The number of nitrogens with one attached hydrogen (secondary N) is 2. The zero-order valence-electron chi connectivity index (χ0n) is 14.1. The molecule has 1 atom stereocenters. The molecule has 0 aromatic heterocycles. The highest BCUT2D eigenvalue weighted by molar-refractivity contribution is 8.00. The number of amides is 1. The lowest BCUT2D eigenvalue weighted by Crippen LogP contribution is -2.15. The minimum Gasteiger partial charge on any atom is -0.325 e. The Labute approximate surface area is 152 Å². The summed E-state index contributed by atoms with van der Waals surface area (Å²) in [6.07, 6.45) is 1.24. The number of rotatable bonds is 4. The first-order valence-corrected chi connectivity index (χ1v) is 10.5. The summed E-state index contributed by atoms with van der Waals surface area (Å²) in [6.45, 7) is 3.99. The van der Waals surface area contributed by atoms with E-state index in [1.54, 1.807) is 30.0 Å². The Morgan fingerprint density at radius 1 is 1.24 bits per heavy atom. The number of hydrogen-bond donors (Lipinski definition) is 2. The van der Waals surface area contributed by atoms with Crippen molar-refractivity contribution in [3.63, 3.8) is 0 Å². The molecular weight excluding hydrogens is 356 g/mol. The summed E-state index contributed by atoms with van der Waals surface area (Å²) in [7, 11) is -3.73. The number of fused-ring (bicyclic) bond motifs is 1. The second kappa shape index (κ2) is 7.09. The molecule has 0 radical (unpaired) electrons. The summed E-state index contributed by atoms with van der Waals surface area (Å²) in [5.74, 6) is -0.100. The maximum Gasteiger partial charge on any atom is 0.261 e. The predicted octanol–water partition coefficient (Wildman–Crippen LogP) is 3.87. The van der Waals surface area contributed by atoms with E-state index in [-0.39, 0.29) is 16.1 Å². The largest absolute Gasteiger partial charge is 0.325 e. The lowest BCUT2D eigenvalue weighted by Gasteiger charge is -2.12. The van der Waals surface area contributed by atoms with Crippen LogP contribution < -0.4 is 10.0 Å². The Balaban J connectivity index is 1.91. The van der Waals surface area contributed by atoms with E-state index < -0.39 is 10.0 Å². The van der Waals surface area contributed by atoms with Crippen molar-refractivity contribution in [1.82, 2.24) is 0 Å². The van der Waals surface area contributed by atoms with Crippen molar-refractivity contribution in [3.8, 4) is 0 Å². The SMILES string of the molecule is CCc1cccc(NS(=O)(=O)c2ccc3c(c2)NC(=O)C[C@H](C)S3)c1. The van der Waals surface area contributed by atoms with Gasteiger partial charge in [-0.3, -0.25) is 9.52 Å². The molecule has 0 unspecified atom stereocenters. The molecule has 0 fully saturated rings. The monoisotopic (exact) mass is 376 g/mol. The molecule has 0 bridgehead atoms. The number of hydrogen-bond acceptors (Lipinski definition) is 4. The first-order valence-electron chi connectivity index (χ1n) is 8.09. The molecule has 0 spiro atoms. The van der Waals surface area contributed by atoms with Crippen molar-refractivity contribution >= 4 is 39.1 Å². The Hall–Kier alpha value is -1.99. The van der Waals surface area contributed by atoms with Gasteiger partial charge in [0.25, 0.3) is 10.0 Å². The van der Waals surface area contributed by atoms with Crippen LogP contribution in [0.2, 0.25) is 0 Å². The molecule has 1 aliphatic rings. The molecule has 0 saturated carbocycles. The number of benzene rings is 2. The highest BCUT2D eigenvalue weighted by atomic mass is 32.2. The van der Waals surface area contributed by atoms with Crippen LogP contribution in [0.4, 0.5) is 11.4 Å². The number of anilines is 2. The predicted molar refractivity (Wildman–Crippen MR) is 102 cm³/mol. The van der Waals surface area contributed by atoms with Crippen molar-refractivity contribution < 1.29 is 13.2 Å². The molecule has 1 amide bonds. The minimum atomic E-state index is -3.73. The van der Waals surface area contributed by atoms with Gasteiger partial charge in [-0.1, -0.05) is 26.0 Å². The van der Waals surface area contributed by atoms with Crippen LogP contribution in [0.3, 0.4) is 0 Å². The number of sulfonamides is 1. The Morgan fingerprint density at radius 3 is 2.80 bits per heavy atom. The molecule has 0 saturated heterocycles. The molecule has 1 heterocycles. The van der Waals surface area contributed by atoms with Crippen LogP contribution in [0.5, 0.6) is 0 Å². The summed E-state index contributed by atoms with van der Waals surface area (Å²) in [6, 6.07) is 12.2. The number of carbonyl (C=O) groups is 1. The van der Waals surface area contributed by atoms with Crippen LogP contribution in [0.25, 0.3) is 0 Å².